The summed E-state index contributed by atoms with van der Waals surface area (Å²) in [6.45, 7) is 6.38. The van der Waals surface area contributed by atoms with E-state index in [1.807, 2.05) is 18.2 Å². The van der Waals surface area contributed by atoms with Crippen LogP contribution >= 0.6 is 0 Å². The zero-order valence-corrected chi connectivity index (χ0v) is 11.6. The summed E-state index contributed by atoms with van der Waals surface area (Å²) in [6.07, 6.45) is 2.87. The van der Waals surface area contributed by atoms with Gasteiger partial charge in [-0.15, -0.1) is 0 Å². The molecule has 5 nitrogen and oxygen atoms in total. The molecule has 0 saturated carbocycles. The van der Waals surface area contributed by atoms with Gasteiger partial charge in [0.15, 0.2) is 5.96 Å². The molecule has 1 aromatic rings. The monoisotopic (exact) mass is 249 g/mol. The Morgan fingerprint density at radius 3 is 2.72 bits per heavy atom. The van der Waals surface area contributed by atoms with Crippen LogP contribution in [0.15, 0.2) is 29.4 Å². The third-order valence-electron chi connectivity index (χ3n) is 2.99. The zero-order chi connectivity index (χ0) is 13.5. The highest BCUT2D eigenvalue weighted by Crippen LogP contribution is 2.17. The Morgan fingerprint density at radius 2 is 2.22 bits per heavy atom. The Labute approximate surface area is 109 Å². The van der Waals surface area contributed by atoms with E-state index in [0.717, 1.165) is 12.2 Å². The summed E-state index contributed by atoms with van der Waals surface area (Å²) < 4.78 is 0. The lowest BCUT2D eigenvalue weighted by Crippen LogP contribution is -2.52. The highest BCUT2D eigenvalue weighted by atomic mass is 15.3. The molecule has 0 radical (unpaired) electrons. The number of pyridine rings is 1. The molecule has 18 heavy (non-hydrogen) atoms. The first-order chi connectivity index (χ1) is 8.60. The molecule has 0 aliphatic rings. The first-order valence-corrected chi connectivity index (χ1v) is 6.28. The van der Waals surface area contributed by atoms with Crippen molar-refractivity contribution >= 4 is 11.8 Å². The molecule has 2 atom stereocenters. The third-order valence-corrected chi connectivity index (χ3v) is 2.99. The van der Waals surface area contributed by atoms with Crippen LogP contribution in [0.25, 0.3) is 0 Å². The maximum absolute atomic E-state index is 5.72. The van der Waals surface area contributed by atoms with E-state index in [4.69, 9.17) is 5.73 Å². The third kappa shape index (κ3) is 3.61. The van der Waals surface area contributed by atoms with Crippen LogP contribution in [-0.2, 0) is 0 Å². The van der Waals surface area contributed by atoms with Crippen LogP contribution in [0.5, 0.6) is 0 Å². The first kappa shape index (κ1) is 14.3. The number of hydrogen-bond donors (Lipinski definition) is 2. The molecule has 100 valence electrons. The highest BCUT2D eigenvalue weighted by Gasteiger charge is 2.20. The molecule has 3 N–H and O–H groups in total. The van der Waals surface area contributed by atoms with Crippen LogP contribution < -0.4 is 16.0 Å². The summed E-state index contributed by atoms with van der Waals surface area (Å²) in [4.78, 5) is 10.5. The number of aliphatic imine (C=N–C) groups is 1. The Morgan fingerprint density at radius 1 is 1.50 bits per heavy atom. The Balaban J connectivity index is 2.92. The maximum atomic E-state index is 5.72. The van der Waals surface area contributed by atoms with Crippen LogP contribution in [0.1, 0.15) is 27.2 Å². The predicted molar refractivity (Wildman–Crippen MR) is 76.6 cm³/mol. The van der Waals surface area contributed by atoms with Crippen molar-refractivity contribution in [1.82, 2.24) is 10.3 Å². The second-order valence-electron chi connectivity index (χ2n) is 4.28. The summed E-state index contributed by atoms with van der Waals surface area (Å²) >= 11 is 0. The fourth-order valence-corrected chi connectivity index (χ4v) is 1.86. The molecule has 0 fully saturated rings. The molecule has 1 heterocycles. The minimum atomic E-state index is 0.0403. The fourth-order valence-electron chi connectivity index (χ4n) is 1.86. The lowest BCUT2D eigenvalue weighted by molar-refractivity contribution is 0.511. The van der Waals surface area contributed by atoms with E-state index in [2.05, 4.69) is 41.0 Å². The molecular weight excluding hydrogens is 226 g/mol. The molecule has 1 rings (SSSR count). The van der Waals surface area contributed by atoms with E-state index in [1.54, 1.807) is 13.2 Å². The highest BCUT2D eigenvalue weighted by molar-refractivity contribution is 5.78. The molecule has 2 unspecified atom stereocenters. The van der Waals surface area contributed by atoms with Gasteiger partial charge in [0.05, 0.1) is 0 Å². The number of nitrogens with one attached hydrogen (secondary N) is 1. The smallest absolute Gasteiger partial charge is 0.189 e. The van der Waals surface area contributed by atoms with Crippen molar-refractivity contribution in [2.75, 3.05) is 11.9 Å². The van der Waals surface area contributed by atoms with Gasteiger partial charge in [-0.05, 0) is 32.4 Å². The van der Waals surface area contributed by atoms with Crippen LogP contribution in [-0.4, -0.2) is 30.2 Å². The van der Waals surface area contributed by atoms with Crippen molar-refractivity contribution in [2.45, 2.75) is 39.4 Å². The molecule has 0 amide bonds. The standard InChI is InChI=1S/C13H23N5/c1-5-10(2)18(11(3)17-13(14)15-4)12-8-6-7-9-16-12/h6-11H,5H2,1-4H3,(H3,14,15,17). The molecule has 0 bridgehead atoms. The molecule has 1 aromatic heterocycles. The average Bonchev–Trinajstić information content (AvgIpc) is 2.39. The fraction of sp³-hybridized carbons (Fsp3) is 0.538. The quantitative estimate of drug-likeness (QED) is 0.472. The number of rotatable bonds is 5. The van der Waals surface area contributed by atoms with Gasteiger partial charge in [0, 0.05) is 19.3 Å². The second kappa shape index (κ2) is 6.83. The van der Waals surface area contributed by atoms with Gasteiger partial charge in [-0.3, -0.25) is 4.99 Å². The number of aromatic nitrogens is 1. The lowest BCUT2D eigenvalue weighted by Gasteiger charge is -2.35. The lowest BCUT2D eigenvalue weighted by atomic mass is 10.2. The number of nitrogens with zero attached hydrogens (tertiary/aromatic N) is 3. The first-order valence-electron chi connectivity index (χ1n) is 6.28. The van der Waals surface area contributed by atoms with Crippen molar-refractivity contribution in [3.8, 4) is 0 Å². The Kier molecular flexibility index (Phi) is 5.42. The SMILES string of the molecule is CCC(C)N(c1ccccn1)C(C)NC(N)=NC. The largest absolute Gasteiger partial charge is 0.370 e. The summed E-state index contributed by atoms with van der Waals surface area (Å²) in [5.74, 6) is 1.38. The van der Waals surface area contributed by atoms with Crippen LogP contribution in [0.4, 0.5) is 5.82 Å². The van der Waals surface area contributed by atoms with E-state index in [9.17, 15) is 0 Å². The molecule has 0 aliphatic heterocycles. The van der Waals surface area contributed by atoms with Gasteiger partial charge in [-0.1, -0.05) is 13.0 Å². The molecule has 5 heteroatoms. The van der Waals surface area contributed by atoms with E-state index < -0.39 is 0 Å². The number of guanidine groups is 1. The predicted octanol–water partition coefficient (Wildman–Crippen LogP) is 1.57. The summed E-state index contributed by atoms with van der Waals surface area (Å²) in [5, 5.41) is 3.16. The molecule has 0 aromatic carbocycles. The number of hydrogen-bond acceptors (Lipinski definition) is 3. The minimum Gasteiger partial charge on any atom is -0.370 e. The summed E-state index contributed by atoms with van der Waals surface area (Å²) in [5.41, 5.74) is 5.72. The molecular formula is C13H23N5. The van der Waals surface area contributed by atoms with E-state index in [-0.39, 0.29) is 6.17 Å². The average molecular weight is 249 g/mol. The van der Waals surface area contributed by atoms with Gasteiger partial charge in [0.1, 0.15) is 12.0 Å². The van der Waals surface area contributed by atoms with Crippen LogP contribution in [0.2, 0.25) is 0 Å². The van der Waals surface area contributed by atoms with Crippen LogP contribution in [0, 0.1) is 0 Å². The van der Waals surface area contributed by atoms with Crippen LogP contribution in [0.3, 0.4) is 0 Å². The van der Waals surface area contributed by atoms with Crippen molar-refractivity contribution < 1.29 is 0 Å². The van der Waals surface area contributed by atoms with Crippen molar-refractivity contribution in [3.63, 3.8) is 0 Å². The van der Waals surface area contributed by atoms with Gasteiger partial charge < -0.3 is 16.0 Å². The number of anilines is 1. The molecule has 0 aliphatic carbocycles. The van der Waals surface area contributed by atoms with Gasteiger partial charge in [-0.2, -0.15) is 0 Å². The Bertz CT molecular complexity index is 376. The normalized spacial score (nSPS) is 15.0. The van der Waals surface area contributed by atoms with Gasteiger partial charge in [0.25, 0.3) is 0 Å². The van der Waals surface area contributed by atoms with Crippen molar-refractivity contribution in [3.05, 3.63) is 24.4 Å². The van der Waals surface area contributed by atoms with Crippen molar-refractivity contribution in [2.24, 2.45) is 10.7 Å². The van der Waals surface area contributed by atoms with E-state index in [1.165, 1.54) is 0 Å². The van der Waals surface area contributed by atoms with Gasteiger partial charge >= 0.3 is 0 Å². The van der Waals surface area contributed by atoms with E-state index >= 15 is 0 Å². The van der Waals surface area contributed by atoms with Gasteiger partial charge in [0.2, 0.25) is 0 Å². The van der Waals surface area contributed by atoms with Gasteiger partial charge in [-0.25, -0.2) is 4.98 Å². The van der Waals surface area contributed by atoms with Crippen molar-refractivity contribution in [1.29, 1.82) is 0 Å². The zero-order valence-electron chi connectivity index (χ0n) is 11.6. The molecule has 0 saturated heterocycles. The maximum Gasteiger partial charge on any atom is 0.189 e. The molecule has 0 spiro atoms. The minimum absolute atomic E-state index is 0.0403. The summed E-state index contributed by atoms with van der Waals surface area (Å²) in [6, 6.07) is 6.27. The topological polar surface area (TPSA) is 66.5 Å². The Hall–Kier alpha value is -1.78. The van der Waals surface area contributed by atoms with E-state index in [0.29, 0.717) is 12.0 Å². The summed E-state index contributed by atoms with van der Waals surface area (Å²) in [7, 11) is 1.67. The second-order valence-corrected chi connectivity index (χ2v) is 4.28. The number of nitrogens with two attached hydrogens (primary N) is 1.